The van der Waals surface area contributed by atoms with Gasteiger partial charge in [-0.05, 0) is 43.3 Å². The molecular formula is C21H20N4O4. The molecule has 0 amide bonds. The molecule has 0 saturated heterocycles. The van der Waals surface area contributed by atoms with Crippen LogP contribution in [0.1, 0.15) is 27.6 Å². The Morgan fingerprint density at radius 2 is 1.83 bits per heavy atom. The summed E-state index contributed by atoms with van der Waals surface area (Å²) in [5.41, 5.74) is 2.02. The van der Waals surface area contributed by atoms with Crippen molar-refractivity contribution >= 4 is 35.1 Å². The first kappa shape index (κ1) is 19.8. The molecule has 3 rings (SSSR count). The second kappa shape index (κ2) is 9.32. The molecule has 1 aromatic heterocycles. The molecule has 0 saturated carbocycles. The van der Waals surface area contributed by atoms with E-state index in [1.54, 1.807) is 67.7 Å². The molecule has 0 bridgehead atoms. The van der Waals surface area contributed by atoms with Gasteiger partial charge in [-0.25, -0.2) is 14.6 Å². The maximum absolute atomic E-state index is 12.1. The van der Waals surface area contributed by atoms with Gasteiger partial charge >= 0.3 is 11.9 Å². The van der Waals surface area contributed by atoms with E-state index in [0.717, 1.165) is 0 Å². The van der Waals surface area contributed by atoms with E-state index in [1.807, 2.05) is 0 Å². The van der Waals surface area contributed by atoms with Gasteiger partial charge in [0.25, 0.3) is 0 Å². The van der Waals surface area contributed by atoms with Crippen LogP contribution in [0.5, 0.6) is 0 Å². The largest absolute Gasteiger partial charge is 0.465 e. The smallest absolute Gasteiger partial charge is 0.340 e. The Kier molecular flexibility index (Phi) is 6.36. The SMILES string of the molecule is CCOC(=O)c1ccccc1Nc1nccc(Nc2cccc(C(=O)OC)c2)n1. The number of para-hydroxylation sites is 1. The Bertz CT molecular complexity index is 1020. The Morgan fingerprint density at radius 3 is 2.62 bits per heavy atom. The van der Waals surface area contributed by atoms with Gasteiger partial charge in [-0.15, -0.1) is 0 Å². The molecule has 0 radical (unpaired) electrons. The molecule has 0 unspecified atom stereocenters. The first-order chi connectivity index (χ1) is 14.1. The van der Waals surface area contributed by atoms with Gasteiger partial charge in [0.2, 0.25) is 5.95 Å². The molecule has 0 fully saturated rings. The number of benzene rings is 2. The minimum absolute atomic E-state index is 0.285. The van der Waals surface area contributed by atoms with Crippen LogP contribution in [0.4, 0.5) is 23.1 Å². The molecule has 2 aromatic carbocycles. The Labute approximate surface area is 167 Å². The fourth-order valence-corrected chi connectivity index (χ4v) is 2.58. The zero-order chi connectivity index (χ0) is 20.6. The maximum Gasteiger partial charge on any atom is 0.340 e. The monoisotopic (exact) mass is 392 g/mol. The predicted octanol–water partition coefficient (Wildman–Crippen LogP) is 3.93. The number of aromatic nitrogens is 2. The number of rotatable bonds is 7. The van der Waals surface area contributed by atoms with Crippen LogP contribution in [0.15, 0.2) is 60.8 Å². The quantitative estimate of drug-likeness (QED) is 0.583. The average Bonchev–Trinajstić information content (AvgIpc) is 2.74. The standard InChI is InChI=1S/C21H20N4O4/c1-3-29-20(27)16-9-4-5-10-17(16)24-21-22-12-11-18(25-21)23-15-8-6-7-14(13-15)19(26)28-2/h4-13H,3H2,1-2H3,(H2,22,23,24,25). The highest BCUT2D eigenvalue weighted by Crippen LogP contribution is 2.22. The summed E-state index contributed by atoms with van der Waals surface area (Å²) in [6, 6.07) is 15.5. The number of methoxy groups -OCH3 is 1. The average molecular weight is 392 g/mol. The highest BCUT2D eigenvalue weighted by atomic mass is 16.5. The minimum atomic E-state index is -0.426. The first-order valence-electron chi connectivity index (χ1n) is 8.92. The normalized spacial score (nSPS) is 10.1. The van der Waals surface area contributed by atoms with Gasteiger partial charge in [0.15, 0.2) is 0 Å². The number of carbonyl (C=O) groups excluding carboxylic acids is 2. The first-order valence-corrected chi connectivity index (χ1v) is 8.92. The van der Waals surface area contributed by atoms with E-state index in [9.17, 15) is 9.59 Å². The van der Waals surface area contributed by atoms with Crippen LogP contribution in [0.3, 0.4) is 0 Å². The third-order valence-electron chi connectivity index (χ3n) is 3.88. The summed E-state index contributed by atoms with van der Waals surface area (Å²) in [4.78, 5) is 32.4. The molecule has 0 aliphatic carbocycles. The van der Waals surface area contributed by atoms with Crippen molar-refractivity contribution in [2.75, 3.05) is 24.4 Å². The number of nitrogens with zero attached hydrogens (tertiary/aromatic N) is 2. The van der Waals surface area contributed by atoms with Crippen LogP contribution >= 0.6 is 0 Å². The highest BCUT2D eigenvalue weighted by Gasteiger charge is 2.13. The number of esters is 2. The molecule has 8 heteroatoms. The fraction of sp³-hybridized carbons (Fsp3) is 0.143. The third-order valence-corrected chi connectivity index (χ3v) is 3.88. The summed E-state index contributed by atoms with van der Waals surface area (Å²) in [6.07, 6.45) is 1.58. The van der Waals surface area contributed by atoms with E-state index >= 15 is 0 Å². The summed E-state index contributed by atoms with van der Waals surface area (Å²) in [5.74, 6) is -0.0345. The van der Waals surface area contributed by atoms with Crippen molar-refractivity contribution in [3.63, 3.8) is 0 Å². The second-order valence-electron chi connectivity index (χ2n) is 5.85. The van der Waals surface area contributed by atoms with Crippen molar-refractivity contribution in [3.8, 4) is 0 Å². The molecule has 0 atom stereocenters. The molecule has 3 aromatic rings. The lowest BCUT2D eigenvalue weighted by Gasteiger charge is -2.11. The lowest BCUT2D eigenvalue weighted by Crippen LogP contribution is -2.09. The fourth-order valence-electron chi connectivity index (χ4n) is 2.58. The minimum Gasteiger partial charge on any atom is -0.465 e. The number of hydrogen-bond acceptors (Lipinski definition) is 8. The molecule has 2 N–H and O–H groups in total. The zero-order valence-corrected chi connectivity index (χ0v) is 16.0. The van der Waals surface area contributed by atoms with Crippen LogP contribution in [0.2, 0.25) is 0 Å². The van der Waals surface area contributed by atoms with E-state index < -0.39 is 11.9 Å². The molecule has 0 aliphatic rings. The number of nitrogens with one attached hydrogen (secondary N) is 2. The number of carbonyl (C=O) groups is 2. The van der Waals surface area contributed by atoms with Gasteiger partial charge in [0.1, 0.15) is 5.82 Å². The molecule has 0 spiro atoms. The van der Waals surface area contributed by atoms with Gasteiger partial charge < -0.3 is 20.1 Å². The van der Waals surface area contributed by atoms with E-state index in [2.05, 4.69) is 20.6 Å². The Morgan fingerprint density at radius 1 is 1.00 bits per heavy atom. The van der Waals surface area contributed by atoms with E-state index in [-0.39, 0.29) is 6.61 Å². The Hall–Kier alpha value is -3.94. The molecule has 0 aliphatic heterocycles. The molecule has 8 nitrogen and oxygen atoms in total. The zero-order valence-electron chi connectivity index (χ0n) is 16.0. The lowest BCUT2D eigenvalue weighted by atomic mass is 10.2. The number of anilines is 4. The third kappa shape index (κ3) is 5.07. The van der Waals surface area contributed by atoms with Crippen molar-refractivity contribution in [2.45, 2.75) is 6.92 Å². The van der Waals surface area contributed by atoms with E-state index in [0.29, 0.717) is 34.3 Å². The Balaban J connectivity index is 1.79. The summed E-state index contributed by atoms with van der Waals surface area (Å²) in [7, 11) is 1.33. The van der Waals surface area contributed by atoms with Gasteiger partial charge in [-0.1, -0.05) is 18.2 Å². The summed E-state index contributed by atoms with van der Waals surface area (Å²) >= 11 is 0. The van der Waals surface area contributed by atoms with E-state index in [1.165, 1.54) is 7.11 Å². The molecule has 1 heterocycles. The van der Waals surface area contributed by atoms with Gasteiger partial charge in [0.05, 0.1) is 30.5 Å². The van der Waals surface area contributed by atoms with Crippen molar-refractivity contribution in [1.82, 2.24) is 9.97 Å². The maximum atomic E-state index is 12.1. The van der Waals surface area contributed by atoms with Crippen molar-refractivity contribution in [2.24, 2.45) is 0 Å². The van der Waals surface area contributed by atoms with Crippen LogP contribution in [0.25, 0.3) is 0 Å². The predicted molar refractivity (Wildman–Crippen MR) is 109 cm³/mol. The van der Waals surface area contributed by atoms with Gasteiger partial charge in [-0.2, -0.15) is 4.98 Å². The van der Waals surface area contributed by atoms with Crippen LogP contribution < -0.4 is 10.6 Å². The number of hydrogen-bond donors (Lipinski definition) is 2. The van der Waals surface area contributed by atoms with E-state index in [4.69, 9.17) is 9.47 Å². The van der Waals surface area contributed by atoms with Crippen molar-refractivity contribution in [3.05, 3.63) is 71.9 Å². The highest BCUT2D eigenvalue weighted by molar-refractivity contribution is 5.96. The van der Waals surface area contributed by atoms with Crippen LogP contribution in [0, 0.1) is 0 Å². The summed E-state index contributed by atoms with van der Waals surface area (Å²) in [5, 5.41) is 6.16. The number of ether oxygens (including phenoxy) is 2. The topological polar surface area (TPSA) is 102 Å². The lowest BCUT2D eigenvalue weighted by molar-refractivity contribution is 0.0526. The van der Waals surface area contributed by atoms with Gasteiger partial charge in [0, 0.05) is 11.9 Å². The molecule has 29 heavy (non-hydrogen) atoms. The van der Waals surface area contributed by atoms with Crippen molar-refractivity contribution in [1.29, 1.82) is 0 Å². The molecular weight excluding hydrogens is 372 g/mol. The summed E-state index contributed by atoms with van der Waals surface area (Å²) < 4.78 is 9.81. The second-order valence-corrected chi connectivity index (χ2v) is 5.85. The molecule has 148 valence electrons. The summed E-state index contributed by atoms with van der Waals surface area (Å²) in [6.45, 7) is 2.04. The van der Waals surface area contributed by atoms with Crippen LogP contribution in [-0.4, -0.2) is 35.6 Å². The van der Waals surface area contributed by atoms with Crippen LogP contribution in [-0.2, 0) is 9.47 Å². The van der Waals surface area contributed by atoms with Crippen molar-refractivity contribution < 1.29 is 19.1 Å². The van der Waals surface area contributed by atoms with Gasteiger partial charge in [-0.3, -0.25) is 0 Å².